The molecule has 20 heavy (non-hydrogen) atoms. The van der Waals surface area contributed by atoms with Crippen molar-refractivity contribution >= 4 is 56.0 Å². The van der Waals surface area contributed by atoms with Crippen molar-refractivity contribution in [1.82, 2.24) is 15.2 Å². The molecule has 0 unspecified atom stereocenters. The summed E-state index contributed by atoms with van der Waals surface area (Å²) in [5.41, 5.74) is 0.384. The maximum absolute atomic E-state index is 11.9. The molecule has 0 aliphatic rings. The standard InChI is InChI=1S/C10H7BrN4O3S2/c11-6-1-5(2-12-3-6)8(18)13-9-14-15-10(20-9)19-4-7(16)17/h1-3H,4H2,(H,16,17)(H,13,14,18). The molecule has 0 aliphatic carbocycles. The Hall–Kier alpha value is -1.52. The number of carbonyl (C=O) groups excluding carboxylic acids is 1. The number of amides is 1. The normalized spacial score (nSPS) is 10.2. The highest BCUT2D eigenvalue weighted by Gasteiger charge is 2.12. The van der Waals surface area contributed by atoms with Gasteiger partial charge in [0.15, 0.2) is 4.34 Å². The fraction of sp³-hybridized carbons (Fsp3) is 0.100. The number of halogens is 1. The largest absolute Gasteiger partial charge is 0.481 e. The molecule has 10 heteroatoms. The van der Waals surface area contributed by atoms with Crippen molar-refractivity contribution in [2.24, 2.45) is 0 Å². The third-order valence-electron chi connectivity index (χ3n) is 1.91. The number of hydrogen-bond donors (Lipinski definition) is 2. The second-order valence-corrected chi connectivity index (χ2v) is 6.52. The summed E-state index contributed by atoms with van der Waals surface area (Å²) in [4.78, 5) is 26.2. The Bertz CT molecular complexity index is 649. The number of aromatic nitrogens is 3. The molecule has 7 nitrogen and oxygen atoms in total. The van der Waals surface area contributed by atoms with Gasteiger partial charge in [0.1, 0.15) is 0 Å². The van der Waals surface area contributed by atoms with Crippen molar-refractivity contribution in [2.75, 3.05) is 11.1 Å². The van der Waals surface area contributed by atoms with Gasteiger partial charge in [-0.25, -0.2) is 0 Å². The van der Waals surface area contributed by atoms with Crippen molar-refractivity contribution in [3.05, 3.63) is 28.5 Å². The lowest BCUT2D eigenvalue weighted by Gasteiger charge is -2.00. The van der Waals surface area contributed by atoms with Gasteiger partial charge < -0.3 is 5.11 Å². The van der Waals surface area contributed by atoms with Crippen LogP contribution in [0.25, 0.3) is 0 Å². The van der Waals surface area contributed by atoms with Crippen LogP contribution in [0.2, 0.25) is 0 Å². The topological polar surface area (TPSA) is 105 Å². The molecule has 0 radical (unpaired) electrons. The summed E-state index contributed by atoms with van der Waals surface area (Å²) < 4.78 is 1.18. The highest BCUT2D eigenvalue weighted by Crippen LogP contribution is 2.25. The van der Waals surface area contributed by atoms with Crippen molar-refractivity contribution in [1.29, 1.82) is 0 Å². The molecule has 2 heterocycles. The Labute approximate surface area is 130 Å². The fourth-order valence-corrected chi connectivity index (χ4v) is 2.98. The lowest BCUT2D eigenvalue weighted by Crippen LogP contribution is -2.11. The highest BCUT2D eigenvalue weighted by molar-refractivity contribution is 9.10. The maximum Gasteiger partial charge on any atom is 0.313 e. The molecule has 0 fully saturated rings. The third-order valence-corrected chi connectivity index (χ3v) is 4.30. The van der Waals surface area contributed by atoms with Gasteiger partial charge in [0, 0.05) is 16.9 Å². The van der Waals surface area contributed by atoms with E-state index in [1.807, 2.05) is 0 Å². The second-order valence-electron chi connectivity index (χ2n) is 3.40. The highest BCUT2D eigenvalue weighted by atomic mass is 79.9. The van der Waals surface area contributed by atoms with Gasteiger partial charge in [0.2, 0.25) is 5.13 Å². The van der Waals surface area contributed by atoms with Crippen LogP contribution in [0.1, 0.15) is 10.4 Å². The summed E-state index contributed by atoms with van der Waals surface area (Å²) in [7, 11) is 0. The molecule has 104 valence electrons. The number of carboxylic acids is 1. The van der Waals surface area contributed by atoms with Gasteiger partial charge in [0.25, 0.3) is 5.91 Å². The predicted octanol–water partition coefficient (Wildman–Crippen LogP) is 2.12. The molecular formula is C10H7BrN4O3S2. The smallest absolute Gasteiger partial charge is 0.313 e. The van der Waals surface area contributed by atoms with Crippen molar-refractivity contribution in [2.45, 2.75) is 4.34 Å². The van der Waals surface area contributed by atoms with E-state index in [0.717, 1.165) is 23.1 Å². The predicted molar refractivity (Wildman–Crippen MR) is 78.2 cm³/mol. The van der Waals surface area contributed by atoms with Crippen molar-refractivity contribution in [3.8, 4) is 0 Å². The minimum absolute atomic E-state index is 0.0991. The van der Waals surface area contributed by atoms with E-state index in [9.17, 15) is 9.59 Å². The van der Waals surface area contributed by atoms with Gasteiger partial charge in [-0.15, -0.1) is 10.2 Å². The number of nitrogens with zero attached hydrogens (tertiary/aromatic N) is 3. The van der Waals surface area contributed by atoms with Gasteiger partial charge in [-0.3, -0.25) is 19.9 Å². The van der Waals surface area contributed by atoms with Crippen molar-refractivity contribution in [3.63, 3.8) is 0 Å². The molecule has 2 N–H and O–H groups in total. The first-order chi connectivity index (χ1) is 9.54. The van der Waals surface area contributed by atoms with Crippen LogP contribution in [0, 0.1) is 0 Å². The van der Waals surface area contributed by atoms with E-state index in [4.69, 9.17) is 5.11 Å². The third kappa shape index (κ3) is 4.25. The minimum atomic E-state index is -0.934. The van der Waals surface area contributed by atoms with Crippen LogP contribution >= 0.6 is 39.0 Å². The number of thioether (sulfide) groups is 1. The van der Waals surface area contributed by atoms with Crippen LogP contribution in [-0.2, 0) is 4.79 Å². The minimum Gasteiger partial charge on any atom is -0.481 e. The quantitative estimate of drug-likeness (QED) is 0.609. The first-order valence-corrected chi connectivity index (χ1v) is 7.74. The Morgan fingerprint density at radius 3 is 2.90 bits per heavy atom. The van der Waals surface area contributed by atoms with E-state index in [2.05, 4.69) is 36.4 Å². The number of hydrogen-bond acceptors (Lipinski definition) is 7. The van der Waals surface area contributed by atoms with Gasteiger partial charge in [0.05, 0.1) is 11.3 Å². The molecule has 0 saturated carbocycles. The molecule has 0 saturated heterocycles. The van der Waals surface area contributed by atoms with E-state index in [0.29, 0.717) is 19.5 Å². The van der Waals surface area contributed by atoms with E-state index < -0.39 is 5.97 Å². The maximum atomic E-state index is 11.9. The zero-order valence-electron chi connectivity index (χ0n) is 9.74. The lowest BCUT2D eigenvalue weighted by atomic mass is 10.3. The zero-order chi connectivity index (χ0) is 14.5. The number of carboxylic acid groups (broad SMARTS) is 1. The zero-order valence-corrected chi connectivity index (χ0v) is 13.0. The van der Waals surface area contributed by atoms with Crippen molar-refractivity contribution < 1.29 is 14.7 Å². The SMILES string of the molecule is O=C(O)CSc1nnc(NC(=O)c2cncc(Br)c2)s1. The first-order valence-electron chi connectivity index (χ1n) is 5.14. The number of aliphatic carboxylic acids is 1. The second kappa shape index (κ2) is 6.77. The van der Waals surface area contributed by atoms with Crippen LogP contribution < -0.4 is 5.32 Å². The molecule has 0 bridgehead atoms. The summed E-state index contributed by atoms with van der Waals surface area (Å²) in [6.45, 7) is 0. The number of rotatable bonds is 5. The van der Waals surface area contributed by atoms with E-state index in [-0.39, 0.29) is 11.7 Å². The molecule has 2 aromatic heterocycles. The number of anilines is 1. The fourth-order valence-electron chi connectivity index (χ4n) is 1.15. The van der Waals surface area contributed by atoms with Gasteiger partial charge in [-0.2, -0.15) is 0 Å². The van der Waals surface area contributed by atoms with Crippen LogP contribution in [0.5, 0.6) is 0 Å². The molecule has 2 aromatic rings. The van der Waals surface area contributed by atoms with Crippen LogP contribution in [0.4, 0.5) is 5.13 Å². The van der Waals surface area contributed by atoms with E-state index in [1.54, 1.807) is 12.3 Å². The molecule has 0 atom stereocenters. The molecule has 0 spiro atoms. The summed E-state index contributed by atoms with van der Waals surface area (Å²) in [5.74, 6) is -1.39. The average molecular weight is 375 g/mol. The van der Waals surface area contributed by atoms with E-state index in [1.165, 1.54) is 6.20 Å². The Balaban J connectivity index is 1.99. The van der Waals surface area contributed by atoms with Crippen LogP contribution in [-0.4, -0.2) is 37.9 Å². The molecule has 0 aromatic carbocycles. The number of pyridine rings is 1. The monoisotopic (exact) mass is 374 g/mol. The van der Waals surface area contributed by atoms with E-state index >= 15 is 0 Å². The molecule has 1 amide bonds. The van der Waals surface area contributed by atoms with Gasteiger partial charge >= 0.3 is 5.97 Å². The summed E-state index contributed by atoms with van der Waals surface area (Å²) >= 11 is 5.39. The Morgan fingerprint density at radius 1 is 1.40 bits per heavy atom. The molecular weight excluding hydrogens is 368 g/mol. The molecule has 0 aliphatic heterocycles. The lowest BCUT2D eigenvalue weighted by molar-refractivity contribution is -0.133. The first kappa shape index (κ1) is 14.9. The Morgan fingerprint density at radius 2 is 2.20 bits per heavy atom. The summed E-state index contributed by atoms with van der Waals surface area (Å²) in [6, 6.07) is 1.63. The Kier molecular flexibility index (Phi) is 5.04. The average Bonchev–Trinajstić information content (AvgIpc) is 2.84. The number of carbonyl (C=O) groups is 2. The number of nitrogens with one attached hydrogen (secondary N) is 1. The van der Waals surface area contributed by atoms with Crippen LogP contribution in [0.3, 0.4) is 0 Å². The summed E-state index contributed by atoms with van der Waals surface area (Å²) in [6.07, 6.45) is 3.00. The van der Waals surface area contributed by atoms with Gasteiger partial charge in [-0.1, -0.05) is 23.1 Å². The molecule has 2 rings (SSSR count). The van der Waals surface area contributed by atoms with Crippen LogP contribution in [0.15, 0.2) is 27.3 Å². The summed E-state index contributed by atoms with van der Waals surface area (Å²) in [5, 5.41) is 19.0. The van der Waals surface area contributed by atoms with Gasteiger partial charge in [-0.05, 0) is 22.0 Å².